The van der Waals surface area contributed by atoms with E-state index in [9.17, 15) is 9.59 Å². The first kappa shape index (κ1) is 11.4. The minimum absolute atomic E-state index is 0.293. The highest BCUT2D eigenvalue weighted by atomic mass is 32.1. The lowest BCUT2D eigenvalue weighted by Crippen LogP contribution is -2.44. The van der Waals surface area contributed by atoms with Crippen molar-refractivity contribution in [1.82, 2.24) is 15.6 Å². The Labute approximate surface area is 90.3 Å². The predicted octanol–water partition coefficient (Wildman–Crippen LogP) is 0.415. The quantitative estimate of drug-likeness (QED) is 0.697. The zero-order valence-corrected chi connectivity index (χ0v) is 8.87. The van der Waals surface area contributed by atoms with Crippen molar-refractivity contribution >= 4 is 23.3 Å². The molecular formula is C8H11N3O3S. The van der Waals surface area contributed by atoms with Crippen LogP contribution in [0.5, 0.6) is 0 Å². The van der Waals surface area contributed by atoms with Gasteiger partial charge in [-0.1, -0.05) is 0 Å². The zero-order chi connectivity index (χ0) is 11.3. The maximum Gasteiger partial charge on any atom is 0.325 e. The van der Waals surface area contributed by atoms with Crippen LogP contribution < -0.4 is 10.6 Å². The van der Waals surface area contributed by atoms with Crippen molar-refractivity contribution in [2.75, 3.05) is 0 Å². The van der Waals surface area contributed by atoms with Crippen molar-refractivity contribution in [3.05, 3.63) is 16.6 Å². The Bertz CT molecular complexity index is 339. The Morgan fingerprint density at radius 3 is 2.93 bits per heavy atom. The fourth-order valence-corrected chi connectivity index (χ4v) is 1.36. The number of nitrogens with one attached hydrogen (secondary N) is 2. The molecule has 0 bridgehead atoms. The number of aliphatic carboxylic acids is 1. The predicted molar refractivity (Wildman–Crippen MR) is 54.6 cm³/mol. The SMILES string of the molecule is C[C@@H](NC(=O)NCc1cscn1)C(=O)O. The number of carbonyl (C=O) groups excluding carboxylic acids is 1. The van der Waals surface area contributed by atoms with Gasteiger partial charge in [-0.25, -0.2) is 9.78 Å². The molecule has 0 aliphatic carbocycles. The third kappa shape index (κ3) is 3.94. The van der Waals surface area contributed by atoms with Crippen LogP contribution in [0, 0.1) is 0 Å². The number of aromatic nitrogens is 1. The molecule has 2 amide bonds. The average Bonchev–Trinajstić information content (AvgIpc) is 2.66. The van der Waals surface area contributed by atoms with Gasteiger partial charge in [-0.15, -0.1) is 11.3 Å². The summed E-state index contributed by atoms with van der Waals surface area (Å²) in [5.41, 5.74) is 2.41. The molecule has 82 valence electrons. The van der Waals surface area contributed by atoms with Crippen molar-refractivity contribution in [1.29, 1.82) is 0 Å². The summed E-state index contributed by atoms with van der Waals surface area (Å²) in [5, 5.41) is 15.1. The van der Waals surface area contributed by atoms with Crippen molar-refractivity contribution in [3.63, 3.8) is 0 Å². The van der Waals surface area contributed by atoms with E-state index in [1.54, 1.807) is 10.9 Å². The van der Waals surface area contributed by atoms with Gasteiger partial charge in [-0.3, -0.25) is 4.79 Å². The van der Waals surface area contributed by atoms with Crippen LogP contribution in [0.4, 0.5) is 4.79 Å². The number of carboxylic acid groups (broad SMARTS) is 1. The first-order valence-corrected chi connectivity index (χ1v) is 5.18. The third-order valence-electron chi connectivity index (χ3n) is 1.63. The molecule has 7 heteroatoms. The molecule has 0 radical (unpaired) electrons. The van der Waals surface area contributed by atoms with Crippen LogP contribution in [-0.4, -0.2) is 28.1 Å². The first-order valence-electron chi connectivity index (χ1n) is 4.24. The van der Waals surface area contributed by atoms with E-state index < -0.39 is 18.0 Å². The fourth-order valence-electron chi connectivity index (χ4n) is 0.805. The summed E-state index contributed by atoms with van der Waals surface area (Å²) in [4.78, 5) is 25.5. The van der Waals surface area contributed by atoms with Gasteiger partial charge >= 0.3 is 12.0 Å². The molecule has 1 aromatic rings. The van der Waals surface area contributed by atoms with Gasteiger partial charge in [0.2, 0.25) is 0 Å². The fraction of sp³-hybridized carbons (Fsp3) is 0.375. The highest BCUT2D eigenvalue weighted by Gasteiger charge is 2.13. The molecule has 3 N–H and O–H groups in total. The maximum atomic E-state index is 11.1. The molecule has 1 rings (SSSR count). The Morgan fingerprint density at radius 1 is 1.67 bits per heavy atom. The minimum atomic E-state index is -1.07. The summed E-state index contributed by atoms with van der Waals surface area (Å²) < 4.78 is 0. The van der Waals surface area contributed by atoms with Crippen LogP contribution in [-0.2, 0) is 11.3 Å². The second-order valence-electron chi connectivity index (χ2n) is 2.87. The van der Waals surface area contributed by atoms with Gasteiger partial charge in [-0.2, -0.15) is 0 Å². The second-order valence-corrected chi connectivity index (χ2v) is 3.59. The Morgan fingerprint density at radius 2 is 2.40 bits per heavy atom. The molecule has 15 heavy (non-hydrogen) atoms. The number of carbonyl (C=O) groups is 2. The van der Waals surface area contributed by atoms with E-state index in [1.807, 2.05) is 0 Å². The third-order valence-corrected chi connectivity index (χ3v) is 2.27. The van der Waals surface area contributed by atoms with Crippen molar-refractivity contribution < 1.29 is 14.7 Å². The number of urea groups is 1. The van der Waals surface area contributed by atoms with Gasteiger partial charge in [0.15, 0.2) is 0 Å². The van der Waals surface area contributed by atoms with Gasteiger partial charge < -0.3 is 15.7 Å². The summed E-state index contributed by atoms with van der Waals surface area (Å²) in [6.07, 6.45) is 0. The number of amides is 2. The first-order chi connectivity index (χ1) is 7.09. The molecule has 1 heterocycles. The molecule has 0 aromatic carbocycles. The molecule has 0 aliphatic heterocycles. The van der Waals surface area contributed by atoms with Crippen LogP contribution in [0.1, 0.15) is 12.6 Å². The number of hydrogen-bond donors (Lipinski definition) is 3. The normalized spacial score (nSPS) is 11.8. The van der Waals surface area contributed by atoms with Gasteiger partial charge in [0, 0.05) is 5.38 Å². The van der Waals surface area contributed by atoms with Crippen LogP contribution in [0.3, 0.4) is 0 Å². The molecule has 0 fully saturated rings. The highest BCUT2D eigenvalue weighted by molar-refractivity contribution is 7.07. The lowest BCUT2D eigenvalue weighted by atomic mass is 10.3. The van der Waals surface area contributed by atoms with E-state index in [0.29, 0.717) is 6.54 Å². The van der Waals surface area contributed by atoms with Gasteiger partial charge in [0.25, 0.3) is 0 Å². The zero-order valence-electron chi connectivity index (χ0n) is 8.06. The van der Waals surface area contributed by atoms with Crippen LogP contribution in [0.25, 0.3) is 0 Å². The Balaban J connectivity index is 2.28. The van der Waals surface area contributed by atoms with E-state index >= 15 is 0 Å². The van der Waals surface area contributed by atoms with E-state index in [4.69, 9.17) is 5.11 Å². The number of carboxylic acids is 1. The van der Waals surface area contributed by atoms with Crippen LogP contribution in [0.15, 0.2) is 10.9 Å². The highest BCUT2D eigenvalue weighted by Crippen LogP contribution is 1.99. The topological polar surface area (TPSA) is 91.3 Å². The average molecular weight is 229 g/mol. The van der Waals surface area contributed by atoms with E-state index in [0.717, 1.165) is 5.69 Å². The number of nitrogens with zero attached hydrogens (tertiary/aromatic N) is 1. The van der Waals surface area contributed by atoms with Gasteiger partial charge in [-0.05, 0) is 6.92 Å². The molecule has 0 unspecified atom stereocenters. The molecule has 0 saturated heterocycles. The lowest BCUT2D eigenvalue weighted by Gasteiger charge is -2.09. The number of thiazole rings is 1. The van der Waals surface area contributed by atoms with Gasteiger partial charge in [0.05, 0.1) is 17.7 Å². The molecule has 0 saturated carbocycles. The second kappa shape index (κ2) is 5.30. The summed E-state index contributed by atoms with van der Waals surface area (Å²) in [6.45, 7) is 1.69. The molecule has 0 aliphatic rings. The van der Waals surface area contributed by atoms with Crippen LogP contribution in [0.2, 0.25) is 0 Å². The van der Waals surface area contributed by atoms with Crippen molar-refractivity contribution in [2.24, 2.45) is 0 Å². The number of rotatable bonds is 4. The van der Waals surface area contributed by atoms with Crippen LogP contribution >= 0.6 is 11.3 Å². The lowest BCUT2D eigenvalue weighted by molar-refractivity contribution is -0.138. The standard InChI is InChI=1S/C8H11N3O3S/c1-5(7(12)13)11-8(14)9-2-6-3-15-4-10-6/h3-5H,2H2,1H3,(H,12,13)(H2,9,11,14)/t5-/m1/s1. The summed E-state index contributed by atoms with van der Waals surface area (Å²) >= 11 is 1.43. The molecule has 1 atom stereocenters. The summed E-state index contributed by atoms with van der Waals surface area (Å²) in [7, 11) is 0. The molecular weight excluding hydrogens is 218 g/mol. The van der Waals surface area contributed by atoms with E-state index in [2.05, 4.69) is 15.6 Å². The van der Waals surface area contributed by atoms with Gasteiger partial charge in [0.1, 0.15) is 6.04 Å². The number of hydrogen-bond acceptors (Lipinski definition) is 4. The maximum absolute atomic E-state index is 11.1. The molecule has 6 nitrogen and oxygen atoms in total. The Kier molecular flexibility index (Phi) is 4.04. The molecule has 0 spiro atoms. The minimum Gasteiger partial charge on any atom is -0.480 e. The van der Waals surface area contributed by atoms with E-state index in [1.165, 1.54) is 18.3 Å². The smallest absolute Gasteiger partial charge is 0.325 e. The van der Waals surface area contributed by atoms with E-state index in [-0.39, 0.29) is 0 Å². The Hall–Kier alpha value is -1.63. The van der Waals surface area contributed by atoms with Crippen molar-refractivity contribution in [3.8, 4) is 0 Å². The largest absolute Gasteiger partial charge is 0.480 e. The molecule has 1 aromatic heterocycles. The monoisotopic (exact) mass is 229 g/mol. The summed E-state index contributed by atoms with van der Waals surface area (Å²) in [6, 6.07) is -1.42. The summed E-state index contributed by atoms with van der Waals surface area (Å²) in [5.74, 6) is -1.07. The van der Waals surface area contributed by atoms with Crippen molar-refractivity contribution in [2.45, 2.75) is 19.5 Å².